The van der Waals surface area contributed by atoms with Gasteiger partial charge in [0.25, 0.3) is 0 Å². The van der Waals surface area contributed by atoms with E-state index in [1.807, 2.05) is 6.92 Å². The molecule has 0 saturated carbocycles. The second-order valence-electron chi connectivity index (χ2n) is 7.44. The number of unbranched alkanes of at least 4 members (excludes halogenated alkanes) is 13. The van der Waals surface area contributed by atoms with E-state index in [1.165, 1.54) is 77.0 Å². The number of rotatable bonds is 18. The fourth-order valence-electron chi connectivity index (χ4n) is 3.12. The van der Waals surface area contributed by atoms with Gasteiger partial charge in [-0.2, -0.15) is 13.1 Å². The molecule has 0 amide bonds. The second kappa shape index (κ2) is 14.9. The number of hydrogen-bond acceptors (Lipinski definition) is 3. The van der Waals surface area contributed by atoms with Crippen molar-refractivity contribution in [3.8, 4) is 0 Å². The quantitative estimate of drug-likeness (QED) is 0.144. The van der Waals surface area contributed by atoms with Crippen molar-refractivity contribution in [2.45, 2.75) is 104 Å². The summed E-state index contributed by atoms with van der Waals surface area (Å²) >= 11 is 0. The van der Waals surface area contributed by atoms with Crippen molar-refractivity contribution in [1.29, 1.82) is 0 Å². The minimum atomic E-state index is -4.39. The molecule has 5 nitrogen and oxygen atoms in total. The van der Waals surface area contributed by atoms with Crippen molar-refractivity contribution in [2.75, 3.05) is 20.1 Å². The SMILES string of the molecule is CCCCCCCCCCCCCCCC[N+](C)(CC)OS(=O)(=O)O. The Morgan fingerprint density at radius 1 is 0.720 bits per heavy atom. The summed E-state index contributed by atoms with van der Waals surface area (Å²) in [7, 11) is -2.70. The molecular formula is C19H42NO4S+. The van der Waals surface area contributed by atoms with E-state index in [9.17, 15) is 8.42 Å². The minimum Gasteiger partial charge on any atom is -0.260 e. The average Bonchev–Trinajstić information content (AvgIpc) is 2.53. The van der Waals surface area contributed by atoms with Crippen LogP contribution in [0.1, 0.15) is 104 Å². The Bertz CT molecular complexity index is 400. The van der Waals surface area contributed by atoms with E-state index >= 15 is 0 Å². The maximum atomic E-state index is 10.9. The van der Waals surface area contributed by atoms with Crippen LogP contribution in [-0.2, 0) is 14.7 Å². The van der Waals surface area contributed by atoms with Crippen molar-refractivity contribution < 1.29 is 21.9 Å². The molecule has 0 rings (SSSR count). The zero-order valence-corrected chi connectivity index (χ0v) is 17.7. The Kier molecular flexibility index (Phi) is 14.8. The van der Waals surface area contributed by atoms with Crippen LogP contribution in [-0.4, -0.2) is 37.8 Å². The first-order valence-electron chi connectivity index (χ1n) is 10.4. The summed E-state index contributed by atoms with van der Waals surface area (Å²) in [4.78, 5) is 0. The molecule has 0 aliphatic heterocycles. The van der Waals surface area contributed by atoms with E-state index in [1.54, 1.807) is 7.05 Å². The summed E-state index contributed by atoms with van der Waals surface area (Å²) in [5.74, 6) is 0. The summed E-state index contributed by atoms with van der Waals surface area (Å²) in [6.07, 6.45) is 18.1. The van der Waals surface area contributed by atoms with Gasteiger partial charge < -0.3 is 0 Å². The standard InChI is InChI=1S/C19H41NO4S/c1-4-6-7-8-9-10-11-12-13-14-15-16-17-18-19-20(3,5-2)24-25(21,22)23/h4-19H2,1-3H3/p+1. The van der Waals surface area contributed by atoms with Gasteiger partial charge in [0.05, 0.1) is 0 Å². The zero-order chi connectivity index (χ0) is 19.0. The highest BCUT2D eigenvalue weighted by Gasteiger charge is 2.28. The molecule has 152 valence electrons. The monoisotopic (exact) mass is 380 g/mol. The smallest absolute Gasteiger partial charge is 0.260 e. The van der Waals surface area contributed by atoms with Crippen molar-refractivity contribution >= 4 is 10.4 Å². The van der Waals surface area contributed by atoms with Gasteiger partial charge in [0.2, 0.25) is 0 Å². The van der Waals surface area contributed by atoms with Crippen LogP contribution in [0.15, 0.2) is 0 Å². The van der Waals surface area contributed by atoms with Crippen molar-refractivity contribution in [3.63, 3.8) is 0 Å². The molecule has 0 aromatic heterocycles. The molecule has 25 heavy (non-hydrogen) atoms. The molecule has 1 unspecified atom stereocenters. The number of hydrogen-bond donors (Lipinski definition) is 1. The second-order valence-corrected chi connectivity index (χ2v) is 8.44. The van der Waals surface area contributed by atoms with Crippen molar-refractivity contribution in [1.82, 2.24) is 0 Å². The van der Waals surface area contributed by atoms with Gasteiger partial charge in [0, 0.05) is 0 Å². The maximum Gasteiger partial charge on any atom is 0.442 e. The van der Waals surface area contributed by atoms with Crippen LogP contribution in [0.5, 0.6) is 0 Å². The topological polar surface area (TPSA) is 63.6 Å². The summed E-state index contributed by atoms with van der Waals surface area (Å²) < 4.78 is 35.2. The van der Waals surface area contributed by atoms with Crippen LogP contribution in [0.25, 0.3) is 0 Å². The molecule has 0 spiro atoms. The summed E-state index contributed by atoms with van der Waals surface area (Å²) in [5.41, 5.74) is 0. The van der Waals surface area contributed by atoms with E-state index in [0.29, 0.717) is 13.1 Å². The van der Waals surface area contributed by atoms with Gasteiger partial charge in [-0.25, -0.2) is 0 Å². The van der Waals surface area contributed by atoms with Gasteiger partial charge in [-0.05, 0) is 24.0 Å². The van der Waals surface area contributed by atoms with Crippen LogP contribution in [0.3, 0.4) is 0 Å². The van der Waals surface area contributed by atoms with Gasteiger partial charge in [-0.3, -0.25) is 4.55 Å². The van der Waals surface area contributed by atoms with Crippen molar-refractivity contribution in [3.05, 3.63) is 0 Å². The number of nitrogens with zero attached hydrogens (tertiary/aromatic N) is 1. The van der Waals surface area contributed by atoms with E-state index < -0.39 is 10.4 Å². The normalized spacial score (nSPS) is 14.6. The molecular weight excluding hydrogens is 338 g/mol. The predicted octanol–water partition coefficient (Wildman–Crippen LogP) is 5.67. The molecule has 6 heteroatoms. The summed E-state index contributed by atoms with van der Waals surface area (Å²) in [6, 6.07) is 0. The third-order valence-corrected chi connectivity index (χ3v) is 5.48. The predicted molar refractivity (Wildman–Crippen MR) is 105 cm³/mol. The molecule has 1 atom stereocenters. The highest BCUT2D eigenvalue weighted by atomic mass is 32.3. The molecule has 0 radical (unpaired) electrons. The number of quaternary nitrogens is 1. The minimum absolute atomic E-state index is 0.0862. The summed E-state index contributed by atoms with van der Waals surface area (Å²) in [6.45, 7) is 5.23. The van der Waals surface area contributed by atoms with E-state index in [2.05, 4.69) is 6.92 Å². The van der Waals surface area contributed by atoms with Crippen LogP contribution in [0, 0.1) is 0 Å². The van der Waals surface area contributed by atoms with Gasteiger partial charge in [-0.15, -0.1) is 0 Å². The van der Waals surface area contributed by atoms with Gasteiger partial charge >= 0.3 is 10.4 Å². The first kappa shape index (κ1) is 24.8. The molecule has 0 fully saturated rings. The first-order chi connectivity index (χ1) is 11.8. The largest absolute Gasteiger partial charge is 0.442 e. The van der Waals surface area contributed by atoms with Gasteiger partial charge in [-0.1, -0.05) is 84.0 Å². The fraction of sp³-hybridized carbons (Fsp3) is 1.00. The van der Waals surface area contributed by atoms with E-state index in [-0.39, 0.29) is 4.65 Å². The third kappa shape index (κ3) is 17.0. The lowest BCUT2D eigenvalue weighted by molar-refractivity contribution is -1.06. The third-order valence-electron chi connectivity index (χ3n) is 4.93. The Labute approximate surface area is 156 Å². The maximum absolute atomic E-state index is 10.9. The molecule has 0 aromatic carbocycles. The molecule has 0 bridgehead atoms. The Balaban J connectivity index is 3.43. The lowest BCUT2D eigenvalue weighted by Gasteiger charge is -2.27. The van der Waals surface area contributed by atoms with Gasteiger partial charge in [0.1, 0.15) is 20.1 Å². The Hall–Kier alpha value is -0.170. The van der Waals surface area contributed by atoms with Gasteiger partial charge in [0.15, 0.2) is 0 Å². The average molecular weight is 381 g/mol. The molecule has 0 heterocycles. The molecule has 0 aliphatic rings. The van der Waals surface area contributed by atoms with Crippen LogP contribution < -0.4 is 0 Å². The fourth-order valence-corrected chi connectivity index (χ4v) is 3.75. The van der Waals surface area contributed by atoms with Crippen molar-refractivity contribution in [2.24, 2.45) is 0 Å². The molecule has 1 N–H and O–H groups in total. The Morgan fingerprint density at radius 2 is 1.08 bits per heavy atom. The highest BCUT2D eigenvalue weighted by Crippen LogP contribution is 2.14. The lowest BCUT2D eigenvalue weighted by atomic mass is 10.0. The van der Waals surface area contributed by atoms with Crippen LogP contribution in [0.2, 0.25) is 0 Å². The molecule has 0 aliphatic carbocycles. The zero-order valence-electron chi connectivity index (χ0n) is 16.8. The van der Waals surface area contributed by atoms with Crippen LogP contribution >= 0.6 is 0 Å². The summed E-state index contributed by atoms with van der Waals surface area (Å²) in [5, 5.41) is 0. The molecule has 0 saturated heterocycles. The van der Waals surface area contributed by atoms with Crippen LogP contribution in [0.4, 0.5) is 0 Å². The lowest BCUT2D eigenvalue weighted by Crippen LogP contribution is -2.46. The Morgan fingerprint density at radius 3 is 1.40 bits per heavy atom. The first-order valence-corrected chi connectivity index (χ1v) is 11.7. The highest BCUT2D eigenvalue weighted by molar-refractivity contribution is 7.80. The van der Waals surface area contributed by atoms with E-state index in [0.717, 1.165) is 12.8 Å². The van der Waals surface area contributed by atoms with E-state index in [4.69, 9.17) is 8.84 Å². The number of hydroxylamine groups is 3. The molecule has 0 aromatic rings.